The Bertz CT molecular complexity index is 2100. The van der Waals surface area contributed by atoms with Crippen LogP contribution in [0.2, 0.25) is 17.3 Å². The number of furan rings is 1. The second-order valence-electron chi connectivity index (χ2n) is 13.2. The molecule has 0 spiro atoms. The maximum atomic E-state index is 6.21. The number of hydrogen-bond donors (Lipinski definition) is 0. The molecule has 0 bridgehead atoms. The number of aromatic nitrogens is 5. The van der Waals surface area contributed by atoms with Gasteiger partial charge in [-0.15, -0.1) is 11.6 Å². The van der Waals surface area contributed by atoms with Gasteiger partial charge >= 0.3 is 99.8 Å². The van der Waals surface area contributed by atoms with Gasteiger partial charge in [-0.3, -0.25) is 9.97 Å². The number of aryl methyl sites for hydroxylation is 2. The topological polar surface area (TPSA) is 69.6 Å². The summed E-state index contributed by atoms with van der Waals surface area (Å²) in [7, 11) is 0. The molecular formula is C37H37GeIrN5O-2. The third kappa shape index (κ3) is 6.53. The summed E-state index contributed by atoms with van der Waals surface area (Å²) in [5, 5.41) is 0.953. The van der Waals surface area contributed by atoms with E-state index >= 15 is 0 Å². The van der Waals surface area contributed by atoms with Gasteiger partial charge in [0, 0.05) is 37.2 Å². The van der Waals surface area contributed by atoms with Crippen LogP contribution in [0.4, 0.5) is 0 Å². The zero-order chi connectivity index (χ0) is 31.2. The molecule has 0 aliphatic carbocycles. The van der Waals surface area contributed by atoms with Gasteiger partial charge in [-0.2, -0.15) is 0 Å². The standard InChI is InChI=1S/C23H21N4O.C14H16GeN.Ir/c1-13-12-14(2)25-22-18(13)19-20(28-22)15(10-11-24-19)21-26-16-8-6-7-9-17(16)27(21)23(3,4)5;1-15(2,3)13-9-10-14(16-11-13)12-7-5-4-6-8-12;/h6-9,11-12H,1-5H3;4-7,9-11H,1-3H3;/q2*-1;. The fourth-order valence-electron chi connectivity index (χ4n) is 5.53. The zero-order valence-electron chi connectivity index (χ0n) is 27.0. The molecular weight excluding hydrogens is 795 g/mol. The maximum Gasteiger partial charge on any atom is 0 e. The van der Waals surface area contributed by atoms with Gasteiger partial charge in [-0.1, -0.05) is 12.1 Å². The van der Waals surface area contributed by atoms with Crippen LogP contribution in [0.25, 0.3) is 55.9 Å². The first-order chi connectivity index (χ1) is 20.9. The maximum absolute atomic E-state index is 6.21. The van der Waals surface area contributed by atoms with E-state index in [1.54, 1.807) is 6.20 Å². The molecule has 8 heteroatoms. The number of nitrogens with zero attached hydrogens (tertiary/aromatic N) is 5. The molecule has 0 aliphatic heterocycles. The smallest absolute Gasteiger partial charge is 0 e. The van der Waals surface area contributed by atoms with Crippen LogP contribution in [-0.4, -0.2) is 37.8 Å². The SMILES string of the molecule is Cc1cc(C)c2c(n1)oc1c(-c3nc4ccccc4n3C(C)(C)C)[c-]cnc12.[CH3][Ge]([CH3])([CH3])[c]1ccc(-c2[c-]cccc2)nc1.[Ir]. The van der Waals surface area contributed by atoms with E-state index in [0.29, 0.717) is 11.3 Å². The van der Waals surface area contributed by atoms with E-state index in [-0.39, 0.29) is 25.6 Å². The number of imidazole rings is 1. The number of benzene rings is 2. The third-order valence-electron chi connectivity index (χ3n) is 7.66. The molecule has 45 heavy (non-hydrogen) atoms. The summed E-state index contributed by atoms with van der Waals surface area (Å²) in [6.07, 6.45) is 3.74. The molecule has 5 heterocycles. The molecule has 7 rings (SSSR count). The average molecular weight is 833 g/mol. The molecule has 0 N–H and O–H groups in total. The second-order valence-corrected chi connectivity index (χ2v) is 23.9. The van der Waals surface area contributed by atoms with Crippen molar-refractivity contribution in [2.75, 3.05) is 0 Å². The monoisotopic (exact) mass is 834 g/mol. The van der Waals surface area contributed by atoms with Crippen molar-refractivity contribution in [1.29, 1.82) is 0 Å². The van der Waals surface area contributed by atoms with Crippen LogP contribution in [0.5, 0.6) is 0 Å². The predicted molar refractivity (Wildman–Crippen MR) is 183 cm³/mol. The molecule has 0 fully saturated rings. The van der Waals surface area contributed by atoms with Gasteiger partial charge in [-0.05, 0) is 64.6 Å². The van der Waals surface area contributed by atoms with Gasteiger partial charge < -0.3 is 8.98 Å². The molecule has 0 atom stereocenters. The molecule has 0 amide bonds. The fraction of sp³-hybridized carbons (Fsp3) is 0.243. The minimum absolute atomic E-state index is 0. The number of rotatable bonds is 3. The van der Waals surface area contributed by atoms with Crippen LogP contribution >= 0.6 is 0 Å². The largest absolute Gasteiger partial charge is 0 e. The van der Waals surface area contributed by atoms with Crippen molar-refractivity contribution in [2.45, 2.75) is 57.4 Å². The van der Waals surface area contributed by atoms with Gasteiger partial charge in [0.1, 0.15) is 0 Å². The predicted octanol–water partition coefficient (Wildman–Crippen LogP) is 8.66. The van der Waals surface area contributed by atoms with Crippen LogP contribution in [0, 0.1) is 26.0 Å². The van der Waals surface area contributed by atoms with Crippen LogP contribution in [0.1, 0.15) is 32.0 Å². The van der Waals surface area contributed by atoms with Crippen molar-refractivity contribution >= 4 is 50.9 Å². The summed E-state index contributed by atoms with van der Waals surface area (Å²) in [6, 6.07) is 29.0. The summed E-state index contributed by atoms with van der Waals surface area (Å²) in [4.78, 5) is 18.6. The Balaban J connectivity index is 0.000000202. The summed E-state index contributed by atoms with van der Waals surface area (Å²) >= 11 is -1.72. The van der Waals surface area contributed by atoms with E-state index in [1.807, 2.05) is 55.6 Å². The number of hydrogen-bond acceptors (Lipinski definition) is 5. The molecule has 2 aromatic carbocycles. The Labute approximate surface area is 281 Å². The fourth-order valence-corrected chi connectivity index (χ4v) is 7.70. The normalized spacial score (nSPS) is 11.8. The zero-order valence-corrected chi connectivity index (χ0v) is 31.5. The van der Waals surface area contributed by atoms with Gasteiger partial charge in [0.25, 0.3) is 0 Å². The molecule has 1 radical (unpaired) electrons. The van der Waals surface area contributed by atoms with E-state index in [2.05, 4.69) is 101 Å². The summed E-state index contributed by atoms with van der Waals surface area (Å²) in [5.41, 5.74) is 8.90. The molecule has 0 aliphatic rings. The van der Waals surface area contributed by atoms with Crippen molar-refractivity contribution in [3.05, 3.63) is 103 Å². The molecule has 0 saturated heterocycles. The Hall–Kier alpha value is -3.65. The van der Waals surface area contributed by atoms with Crippen LogP contribution in [0.3, 0.4) is 0 Å². The minimum atomic E-state index is -1.72. The Morgan fingerprint density at radius 2 is 1.62 bits per heavy atom. The second kappa shape index (κ2) is 12.6. The van der Waals surface area contributed by atoms with E-state index in [1.165, 1.54) is 4.40 Å². The summed E-state index contributed by atoms with van der Waals surface area (Å²) in [6.45, 7) is 10.6. The summed E-state index contributed by atoms with van der Waals surface area (Å²) < 4.78 is 9.89. The minimum Gasteiger partial charge on any atom is 0 e. The Kier molecular flexibility index (Phi) is 9.18. The molecule has 7 aromatic rings. The molecule has 5 aromatic heterocycles. The van der Waals surface area contributed by atoms with Gasteiger partial charge in [0.05, 0.1) is 27.5 Å². The van der Waals surface area contributed by atoms with Gasteiger partial charge in [0.15, 0.2) is 0 Å². The van der Waals surface area contributed by atoms with E-state index in [0.717, 1.165) is 55.8 Å². The van der Waals surface area contributed by atoms with E-state index in [9.17, 15) is 0 Å². The first-order valence-corrected chi connectivity index (χ1v) is 22.3. The van der Waals surface area contributed by atoms with E-state index in [4.69, 9.17) is 9.40 Å². The van der Waals surface area contributed by atoms with Gasteiger partial charge in [-0.25, -0.2) is 4.98 Å². The van der Waals surface area contributed by atoms with Crippen molar-refractivity contribution in [3.8, 4) is 22.6 Å². The van der Waals surface area contributed by atoms with Crippen molar-refractivity contribution < 1.29 is 24.5 Å². The van der Waals surface area contributed by atoms with E-state index < -0.39 is 13.3 Å². The number of fused-ring (bicyclic) bond motifs is 4. The first kappa shape index (κ1) is 32.7. The van der Waals surface area contributed by atoms with Gasteiger partial charge in [0.2, 0.25) is 5.71 Å². The molecule has 231 valence electrons. The third-order valence-corrected chi connectivity index (χ3v) is 11.9. The quantitative estimate of drug-likeness (QED) is 0.132. The summed E-state index contributed by atoms with van der Waals surface area (Å²) in [5.74, 6) is 7.97. The molecule has 0 saturated carbocycles. The average Bonchev–Trinajstić information content (AvgIpc) is 3.56. The van der Waals surface area contributed by atoms with Crippen LogP contribution in [-0.2, 0) is 25.6 Å². The number of para-hydroxylation sites is 2. The van der Waals surface area contributed by atoms with Crippen molar-refractivity contribution in [1.82, 2.24) is 24.5 Å². The Morgan fingerprint density at radius 3 is 2.29 bits per heavy atom. The number of pyridine rings is 3. The van der Waals surface area contributed by atoms with Crippen molar-refractivity contribution in [3.63, 3.8) is 0 Å². The molecule has 0 unspecified atom stereocenters. The molecule has 6 nitrogen and oxygen atoms in total. The first-order valence-electron chi connectivity index (χ1n) is 14.9. The Morgan fingerprint density at radius 1 is 0.867 bits per heavy atom. The van der Waals surface area contributed by atoms with Crippen molar-refractivity contribution in [2.24, 2.45) is 0 Å². The van der Waals surface area contributed by atoms with Crippen LogP contribution in [0.15, 0.2) is 83.5 Å². The van der Waals surface area contributed by atoms with Crippen LogP contribution < -0.4 is 4.40 Å².